The fourth-order valence-electron chi connectivity index (χ4n) is 2.11. The molecule has 0 aliphatic rings. The highest BCUT2D eigenvalue weighted by Gasteiger charge is 2.09. The lowest BCUT2D eigenvalue weighted by molar-refractivity contribution is 0.769. The standard InChI is InChI=1S/C14H21BN6/c1-9-16-10(2)19-13(18-9)8-14-20-11(3)17-12(21-14)6-7-15(4)5/h6-8H2,1-5H3. The van der Waals surface area contributed by atoms with E-state index in [1.165, 1.54) is 0 Å². The summed E-state index contributed by atoms with van der Waals surface area (Å²) in [6.07, 6.45) is 2.47. The van der Waals surface area contributed by atoms with Gasteiger partial charge in [-0.15, -0.1) is 0 Å². The van der Waals surface area contributed by atoms with Crippen molar-refractivity contribution in [2.75, 3.05) is 0 Å². The maximum atomic E-state index is 4.54. The van der Waals surface area contributed by atoms with Crippen LogP contribution in [0.4, 0.5) is 0 Å². The van der Waals surface area contributed by atoms with Crippen LogP contribution in [0.5, 0.6) is 0 Å². The molecule has 0 N–H and O–H groups in total. The second-order valence-electron chi connectivity index (χ2n) is 5.67. The van der Waals surface area contributed by atoms with Crippen LogP contribution in [-0.4, -0.2) is 36.6 Å². The van der Waals surface area contributed by atoms with Gasteiger partial charge in [0.2, 0.25) is 0 Å². The van der Waals surface area contributed by atoms with Crippen molar-refractivity contribution in [1.82, 2.24) is 29.9 Å². The summed E-state index contributed by atoms with van der Waals surface area (Å²) in [5.41, 5.74) is 0. The van der Waals surface area contributed by atoms with Crippen LogP contribution in [0, 0.1) is 20.8 Å². The Balaban J connectivity index is 2.19. The highest BCUT2D eigenvalue weighted by Crippen LogP contribution is 2.06. The highest BCUT2D eigenvalue weighted by molar-refractivity contribution is 6.55. The monoisotopic (exact) mass is 284 g/mol. The van der Waals surface area contributed by atoms with Crippen LogP contribution in [-0.2, 0) is 12.8 Å². The summed E-state index contributed by atoms with van der Waals surface area (Å²) in [6, 6.07) is 0. The molecule has 2 aromatic rings. The fourth-order valence-corrected chi connectivity index (χ4v) is 2.11. The number of hydrogen-bond donors (Lipinski definition) is 0. The normalized spacial score (nSPS) is 10.7. The van der Waals surface area contributed by atoms with E-state index < -0.39 is 0 Å². The van der Waals surface area contributed by atoms with E-state index in [0.717, 1.165) is 41.9 Å². The van der Waals surface area contributed by atoms with Gasteiger partial charge in [0.25, 0.3) is 0 Å². The molecule has 0 fully saturated rings. The van der Waals surface area contributed by atoms with E-state index in [-0.39, 0.29) is 0 Å². The van der Waals surface area contributed by atoms with E-state index >= 15 is 0 Å². The van der Waals surface area contributed by atoms with Gasteiger partial charge in [-0.3, -0.25) is 0 Å². The zero-order valence-corrected chi connectivity index (χ0v) is 13.4. The molecule has 0 saturated heterocycles. The van der Waals surface area contributed by atoms with E-state index in [9.17, 15) is 0 Å². The summed E-state index contributed by atoms with van der Waals surface area (Å²) in [5, 5.41) is 0. The third-order valence-corrected chi connectivity index (χ3v) is 3.01. The lowest BCUT2D eigenvalue weighted by Gasteiger charge is -2.06. The van der Waals surface area contributed by atoms with Gasteiger partial charge in [-0.2, -0.15) is 0 Å². The smallest absolute Gasteiger partial charge is 0.140 e. The Hall–Kier alpha value is -1.92. The van der Waals surface area contributed by atoms with Crippen molar-refractivity contribution in [3.05, 3.63) is 34.9 Å². The zero-order valence-electron chi connectivity index (χ0n) is 13.4. The van der Waals surface area contributed by atoms with Gasteiger partial charge in [0.05, 0.1) is 6.42 Å². The van der Waals surface area contributed by atoms with Crippen molar-refractivity contribution in [3.8, 4) is 0 Å². The molecule has 0 aliphatic carbocycles. The number of hydrogen-bond acceptors (Lipinski definition) is 6. The molecule has 2 rings (SSSR count). The minimum Gasteiger partial charge on any atom is -0.219 e. The molecule has 0 aromatic carbocycles. The Labute approximate surface area is 126 Å². The number of nitrogens with zero attached hydrogens (tertiary/aromatic N) is 6. The molecule has 0 saturated carbocycles. The van der Waals surface area contributed by atoms with Crippen LogP contribution >= 0.6 is 0 Å². The molecule has 110 valence electrons. The quantitative estimate of drug-likeness (QED) is 0.780. The minimum absolute atomic E-state index is 0.516. The van der Waals surface area contributed by atoms with Crippen LogP contribution in [0.25, 0.3) is 0 Å². The Morgan fingerprint density at radius 3 is 1.71 bits per heavy atom. The van der Waals surface area contributed by atoms with Gasteiger partial charge in [0.1, 0.15) is 41.7 Å². The van der Waals surface area contributed by atoms with Gasteiger partial charge in [-0.25, -0.2) is 29.9 Å². The van der Waals surface area contributed by atoms with Gasteiger partial charge in [0.15, 0.2) is 0 Å². The minimum atomic E-state index is 0.516. The van der Waals surface area contributed by atoms with Crippen LogP contribution in [0.3, 0.4) is 0 Å². The number of rotatable bonds is 5. The van der Waals surface area contributed by atoms with Gasteiger partial charge in [0, 0.05) is 6.42 Å². The lowest BCUT2D eigenvalue weighted by Crippen LogP contribution is -2.11. The molecular weight excluding hydrogens is 263 g/mol. The van der Waals surface area contributed by atoms with Crippen LogP contribution in [0.15, 0.2) is 0 Å². The summed E-state index contributed by atoms with van der Waals surface area (Å²) < 4.78 is 0. The Morgan fingerprint density at radius 1 is 0.667 bits per heavy atom. The van der Waals surface area contributed by atoms with Crippen LogP contribution in [0.1, 0.15) is 34.9 Å². The molecule has 6 nitrogen and oxygen atoms in total. The Kier molecular flexibility index (Phi) is 4.93. The lowest BCUT2D eigenvalue weighted by atomic mass is 9.51. The van der Waals surface area contributed by atoms with E-state index in [2.05, 4.69) is 43.6 Å². The molecule has 0 bridgehead atoms. The van der Waals surface area contributed by atoms with E-state index in [1.54, 1.807) is 0 Å². The van der Waals surface area contributed by atoms with Crippen molar-refractivity contribution in [2.45, 2.75) is 53.6 Å². The molecule has 2 heterocycles. The van der Waals surface area contributed by atoms with Gasteiger partial charge < -0.3 is 0 Å². The molecule has 21 heavy (non-hydrogen) atoms. The second-order valence-corrected chi connectivity index (χ2v) is 5.67. The van der Waals surface area contributed by atoms with Crippen molar-refractivity contribution in [2.24, 2.45) is 0 Å². The summed E-state index contributed by atoms with van der Waals surface area (Å²) in [6.45, 7) is 10.7. The molecule has 0 spiro atoms. The molecule has 0 aliphatic heterocycles. The third-order valence-electron chi connectivity index (χ3n) is 3.01. The first kappa shape index (κ1) is 15.5. The van der Waals surface area contributed by atoms with E-state index in [0.29, 0.717) is 19.0 Å². The van der Waals surface area contributed by atoms with Crippen molar-refractivity contribution >= 4 is 6.71 Å². The summed E-state index contributed by atoms with van der Waals surface area (Å²) in [7, 11) is 0. The van der Waals surface area contributed by atoms with Crippen LogP contribution < -0.4 is 0 Å². The average molecular weight is 284 g/mol. The Morgan fingerprint density at radius 2 is 1.14 bits per heavy atom. The van der Waals surface area contributed by atoms with E-state index in [1.807, 2.05) is 20.8 Å². The number of aromatic nitrogens is 6. The average Bonchev–Trinajstić information content (AvgIpc) is 2.34. The first-order valence-corrected chi connectivity index (χ1v) is 7.31. The molecule has 0 atom stereocenters. The zero-order chi connectivity index (χ0) is 15.4. The largest absolute Gasteiger partial charge is 0.219 e. The second kappa shape index (κ2) is 6.69. The third kappa shape index (κ3) is 4.84. The molecule has 0 radical (unpaired) electrons. The maximum absolute atomic E-state index is 4.54. The van der Waals surface area contributed by atoms with E-state index in [4.69, 9.17) is 0 Å². The van der Waals surface area contributed by atoms with Crippen molar-refractivity contribution < 1.29 is 0 Å². The first-order valence-electron chi connectivity index (χ1n) is 7.31. The van der Waals surface area contributed by atoms with Crippen molar-refractivity contribution in [3.63, 3.8) is 0 Å². The summed E-state index contributed by atoms with van der Waals surface area (Å²) >= 11 is 0. The fraction of sp³-hybridized carbons (Fsp3) is 0.571. The van der Waals surface area contributed by atoms with Gasteiger partial charge in [-0.05, 0) is 20.8 Å². The molecular formula is C14H21BN6. The van der Waals surface area contributed by atoms with Crippen LogP contribution in [0.2, 0.25) is 20.0 Å². The topological polar surface area (TPSA) is 77.3 Å². The summed E-state index contributed by atoms with van der Waals surface area (Å²) in [5.74, 6) is 4.49. The van der Waals surface area contributed by atoms with Gasteiger partial charge in [-0.1, -0.05) is 20.0 Å². The molecule has 0 amide bonds. The molecule has 0 unspecified atom stereocenters. The molecule has 7 heteroatoms. The van der Waals surface area contributed by atoms with Gasteiger partial charge >= 0.3 is 0 Å². The predicted molar refractivity (Wildman–Crippen MR) is 82.7 cm³/mol. The molecule has 2 aromatic heterocycles. The maximum Gasteiger partial charge on any atom is 0.140 e. The number of aryl methyl sites for hydroxylation is 4. The Bertz CT molecular complexity index is 609. The predicted octanol–water partition coefficient (Wildman–Crippen LogP) is 1.87. The highest BCUT2D eigenvalue weighted by atomic mass is 15.1. The SMILES string of the molecule is CB(C)CCc1nc(C)nc(Cc2nc(C)nc(C)n2)n1. The summed E-state index contributed by atoms with van der Waals surface area (Å²) in [4.78, 5) is 26.2. The van der Waals surface area contributed by atoms with Crippen molar-refractivity contribution in [1.29, 1.82) is 0 Å². The first-order chi connectivity index (χ1) is 9.92.